The predicted molar refractivity (Wildman–Crippen MR) is 60.8 cm³/mol. The van der Waals surface area contributed by atoms with E-state index >= 15 is 0 Å². The first-order chi connectivity index (χ1) is 7.27. The monoisotopic (exact) mass is 197 g/mol. The number of rotatable bonds is 0. The normalized spacial score (nSPS) is 12.3. The molecule has 2 aromatic rings. The van der Waals surface area contributed by atoms with Crippen LogP contribution in [0.2, 0.25) is 0 Å². The van der Waals surface area contributed by atoms with Crippen molar-refractivity contribution in [3.05, 3.63) is 47.5 Å². The lowest BCUT2D eigenvalue weighted by molar-refractivity contribution is 0.473. The van der Waals surface area contributed by atoms with Gasteiger partial charge < -0.3 is 10.8 Å². The van der Waals surface area contributed by atoms with E-state index in [1.54, 1.807) is 6.07 Å². The second-order valence-corrected chi connectivity index (χ2v) is 3.86. The van der Waals surface area contributed by atoms with Crippen molar-refractivity contribution >= 4 is 5.69 Å². The molecule has 0 bridgehead atoms. The molecule has 0 unspecified atom stereocenters. The Morgan fingerprint density at radius 2 is 1.80 bits per heavy atom. The third-order valence-electron chi connectivity index (χ3n) is 2.99. The number of hydrogen-bond acceptors (Lipinski definition) is 2. The predicted octanol–water partition coefficient (Wildman–Crippen LogP) is 2.55. The number of hydrogen-bond donors (Lipinski definition) is 2. The van der Waals surface area contributed by atoms with Gasteiger partial charge in [0, 0.05) is 12.0 Å². The molecule has 74 valence electrons. The molecule has 0 radical (unpaired) electrons. The Labute approximate surface area is 88.0 Å². The lowest BCUT2D eigenvalue weighted by Crippen LogP contribution is -1.89. The van der Waals surface area contributed by atoms with E-state index in [0.29, 0.717) is 5.69 Å². The molecule has 1 aliphatic rings. The van der Waals surface area contributed by atoms with Crippen molar-refractivity contribution in [2.75, 3.05) is 5.73 Å². The highest BCUT2D eigenvalue weighted by molar-refractivity contribution is 5.81. The van der Waals surface area contributed by atoms with Crippen LogP contribution in [0, 0.1) is 0 Å². The van der Waals surface area contributed by atoms with Crippen LogP contribution in [0.3, 0.4) is 0 Å². The van der Waals surface area contributed by atoms with E-state index in [0.717, 1.165) is 17.5 Å². The Hall–Kier alpha value is -1.96. The van der Waals surface area contributed by atoms with Crippen LogP contribution in [-0.4, -0.2) is 5.11 Å². The third-order valence-corrected chi connectivity index (χ3v) is 2.99. The Kier molecular flexibility index (Phi) is 1.54. The summed E-state index contributed by atoms with van der Waals surface area (Å²) in [5.74, 6) is 0.240. The van der Waals surface area contributed by atoms with E-state index < -0.39 is 0 Å². The highest BCUT2D eigenvalue weighted by Gasteiger charge is 2.21. The van der Waals surface area contributed by atoms with Crippen molar-refractivity contribution in [3.8, 4) is 16.9 Å². The summed E-state index contributed by atoms with van der Waals surface area (Å²) < 4.78 is 0. The van der Waals surface area contributed by atoms with Crippen LogP contribution in [0.5, 0.6) is 5.75 Å². The summed E-state index contributed by atoms with van der Waals surface area (Å²) >= 11 is 0. The van der Waals surface area contributed by atoms with E-state index in [-0.39, 0.29) is 5.75 Å². The van der Waals surface area contributed by atoms with Crippen molar-refractivity contribution in [2.24, 2.45) is 0 Å². The molecule has 1 aliphatic carbocycles. The third kappa shape index (κ3) is 1.05. The van der Waals surface area contributed by atoms with Gasteiger partial charge in [-0.25, -0.2) is 0 Å². The topological polar surface area (TPSA) is 46.2 Å². The first-order valence-corrected chi connectivity index (χ1v) is 4.96. The molecule has 0 spiro atoms. The van der Waals surface area contributed by atoms with Gasteiger partial charge in [0.1, 0.15) is 5.75 Å². The van der Waals surface area contributed by atoms with Crippen molar-refractivity contribution < 1.29 is 5.11 Å². The van der Waals surface area contributed by atoms with Gasteiger partial charge in [0.25, 0.3) is 0 Å². The van der Waals surface area contributed by atoms with Gasteiger partial charge >= 0.3 is 0 Å². The molecule has 0 atom stereocenters. The van der Waals surface area contributed by atoms with E-state index in [9.17, 15) is 5.11 Å². The summed E-state index contributed by atoms with van der Waals surface area (Å²) in [6.45, 7) is 0. The minimum atomic E-state index is 0.240. The van der Waals surface area contributed by atoms with Gasteiger partial charge in [-0.05, 0) is 22.8 Å². The minimum absolute atomic E-state index is 0.240. The van der Waals surface area contributed by atoms with E-state index in [2.05, 4.69) is 12.1 Å². The highest BCUT2D eigenvalue weighted by atomic mass is 16.3. The molecule has 3 rings (SSSR count). The van der Waals surface area contributed by atoms with Gasteiger partial charge in [0.05, 0.1) is 5.69 Å². The number of benzene rings is 2. The van der Waals surface area contributed by atoms with Crippen LogP contribution >= 0.6 is 0 Å². The first-order valence-electron chi connectivity index (χ1n) is 4.96. The highest BCUT2D eigenvalue weighted by Crippen LogP contribution is 2.42. The standard InChI is InChI=1S/C13H11NO/c14-12-6-5-10-9-4-2-1-3-8(9)7-11(10)13(12)15/h1-6,15H,7,14H2. The van der Waals surface area contributed by atoms with Crippen molar-refractivity contribution in [2.45, 2.75) is 6.42 Å². The maximum absolute atomic E-state index is 9.87. The van der Waals surface area contributed by atoms with Gasteiger partial charge in [0.15, 0.2) is 0 Å². The van der Waals surface area contributed by atoms with E-state index in [1.807, 2.05) is 18.2 Å². The van der Waals surface area contributed by atoms with Crippen LogP contribution in [-0.2, 0) is 6.42 Å². The number of fused-ring (bicyclic) bond motifs is 3. The van der Waals surface area contributed by atoms with Crippen molar-refractivity contribution in [3.63, 3.8) is 0 Å². The van der Waals surface area contributed by atoms with Crippen LogP contribution in [0.4, 0.5) is 5.69 Å². The molecule has 2 nitrogen and oxygen atoms in total. The van der Waals surface area contributed by atoms with E-state index in [4.69, 9.17) is 5.73 Å². The molecule has 0 saturated heterocycles. The Morgan fingerprint density at radius 1 is 1.00 bits per heavy atom. The second-order valence-electron chi connectivity index (χ2n) is 3.86. The molecular weight excluding hydrogens is 186 g/mol. The fourth-order valence-corrected chi connectivity index (χ4v) is 2.21. The number of nitrogens with two attached hydrogens (primary N) is 1. The van der Waals surface area contributed by atoms with Crippen LogP contribution in [0.25, 0.3) is 11.1 Å². The zero-order valence-electron chi connectivity index (χ0n) is 8.20. The Balaban J connectivity index is 2.31. The second kappa shape index (κ2) is 2.76. The average Bonchev–Trinajstić information content (AvgIpc) is 2.63. The summed E-state index contributed by atoms with van der Waals surface area (Å²) in [7, 11) is 0. The van der Waals surface area contributed by atoms with Crippen molar-refractivity contribution in [1.82, 2.24) is 0 Å². The van der Waals surface area contributed by atoms with Gasteiger partial charge in [-0.15, -0.1) is 0 Å². The smallest absolute Gasteiger partial charge is 0.142 e. The first kappa shape index (κ1) is 8.36. The number of phenolic OH excluding ortho intramolecular Hbond substituents is 1. The molecule has 0 saturated carbocycles. The summed E-state index contributed by atoms with van der Waals surface area (Å²) in [6.07, 6.45) is 0.780. The SMILES string of the molecule is Nc1ccc2c(c1O)Cc1ccccc1-2. The number of phenols is 1. The zero-order valence-corrected chi connectivity index (χ0v) is 8.20. The summed E-state index contributed by atoms with van der Waals surface area (Å²) in [5.41, 5.74) is 10.7. The Bertz CT molecular complexity index is 546. The fourth-order valence-electron chi connectivity index (χ4n) is 2.21. The van der Waals surface area contributed by atoms with Gasteiger partial charge in [-0.2, -0.15) is 0 Å². The zero-order chi connectivity index (χ0) is 10.4. The van der Waals surface area contributed by atoms with Gasteiger partial charge in [-0.3, -0.25) is 0 Å². The number of aromatic hydroxyl groups is 1. The Morgan fingerprint density at radius 3 is 2.67 bits per heavy atom. The molecule has 0 aliphatic heterocycles. The minimum Gasteiger partial charge on any atom is -0.505 e. The van der Waals surface area contributed by atoms with Crippen LogP contribution in [0.1, 0.15) is 11.1 Å². The molecular formula is C13H11NO. The molecule has 2 aromatic carbocycles. The summed E-state index contributed by atoms with van der Waals surface area (Å²) in [5, 5.41) is 9.87. The molecule has 0 amide bonds. The molecule has 3 N–H and O–H groups in total. The maximum Gasteiger partial charge on any atom is 0.142 e. The number of anilines is 1. The van der Waals surface area contributed by atoms with Gasteiger partial charge in [0.2, 0.25) is 0 Å². The molecule has 0 aromatic heterocycles. The largest absolute Gasteiger partial charge is 0.505 e. The van der Waals surface area contributed by atoms with Gasteiger partial charge in [-0.1, -0.05) is 30.3 Å². The summed E-state index contributed by atoms with van der Waals surface area (Å²) in [4.78, 5) is 0. The molecule has 0 heterocycles. The maximum atomic E-state index is 9.87. The van der Waals surface area contributed by atoms with Crippen molar-refractivity contribution in [1.29, 1.82) is 0 Å². The molecule has 15 heavy (non-hydrogen) atoms. The fraction of sp³-hybridized carbons (Fsp3) is 0.0769. The lowest BCUT2D eigenvalue weighted by Gasteiger charge is -2.05. The lowest BCUT2D eigenvalue weighted by atomic mass is 10.0. The molecule has 2 heteroatoms. The number of nitrogen functional groups attached to an aromatic ring is 1. The van der Waals surface area contributed by atoms with Crippen LogP contribution < -0.4 is 5.73 Å². The summed E-state index contributed by atoms with van der Waals surface area (Å²) in [6, 6.07) is 11.9. The average molecular weight is 197 g/mol. The van der Waals surface area contributed by atoms with E-state index in [1.165, 1.54) is 11.1 Å². The van der Waals surface area contributed by atoms with Crippen LogP contribution in [0.15, 0.2) is 36.4 Å². The quantitative estimate of drug-likeness (QED) is 0.429. The molecule has 0 fully saturated rings.